The van der Waals surface area contributed by atoms with Crippen molar-refractivity contribution in [3.05, 3.63) is 59.0 Å². The Hall–Kier alpha value is -3.00. The number of amides is 1. The van der Waals surface area contributed by atoms with E-state index in [9.17, 15) is 19.1 Å². The highest BCUT2D eigenvalue weighted by atomic mass is 19.1. The molecule has 1 fully saturated rings. The molecule has 4 rings (SSSR count). The Balaban J connectivity index is 1.14. The molecule has 1 aliphatic carbocycles. The molecule has 33 heavy (non-hydrogen) atoms. The summed E-state index contributed by atoms with van der Waals surface area (Å²) in [7, 11) is 0. The number of nitrogens with zero attached hydrogens (tertiary/aromatic N) is 1. The van der Waals surface area contributed by atoms with Gasteiger partial charge in [-0.3, -0.25) is 4.79 Å². The second-order valence-corrected chi connectivity index (χ2v) is 8.87. The Kier molecular flexibility index (Phi) is 7.54. The third-order valence-electron chi connectivity index (χ3n) is 6.42. The number of carboxylic acid groups (broad SMARTS) is 1. The number of hydrogen-bond acceptors (Lipinski definition) is 5. The summed E-state index contributed by atoms with van der Waals surface area (Å²) in [5.41, 5.74) is 2.64. The molecule has 0 radical (unpaired) electrons. The van der Waals surface area contributed by atoms with Crippen LogP contribution in [-0.4, -0.2) is 47.3 Å². The van der Waals surface area contributed by atoms with Crippen LogP contribution in [0.5, 0.6) is 0 Å². The van der Waals surface area contributed by atoms with Gasteiger partial charge in [0.2, 0.25) is 0 Å². The SMILES string of the molecule is O=C(NC(CCOC1CC(CCc2ccc3c(n2)NCCC3)C1)C(=O)O)c1ccc(F)cc1. The van der Waals surface area contributed by atoms with Gasteiger partial charge in [-0.05, 0) is 80.3 Å². The normalized spacial score (nSPS) is 20.2. The van der Waals surface area contributed by atoms with Gasteiger partial charge in [0.15, 0.2) is 0 Å². The predicted molar refractivity (Wildman–Crippen MR) is 122 cm³/mol. The number of aromatic nitrogens is 1. The number of anilines is 1. The molecule has 1 aromatic carbocycles. The summed E-state index contributed by atoms with van der Waals surface area (Å²) in [6, 6.07) is 8.24. The number of nitrogens with one attached hydrogen (secondary N) is 2. The summed E-state index contributed by atoms with van der Waals surface area (Å²) >= 11 is 0. The van der Waals surface area contributed by atoms with Gasteiger partial charge >= 0.3 is 5.97 Å². The standard InChI is InChI=1S/C25H30FN3O4/c26-19-7-4-18(5-8-19)24(30)29-22(25(31)32)11-13-33-21-14-16(15-21)3-9-20-10-6-17-2-1-12-27-23(17)28-20/h4-8,10,16,21-22H,1-3,9,11-15H2,(H,27,28)(H,29,30)(H,31,32). The third-order valence-corrected chi connectivity index (χ3v) is 6.42. The third kappa shape index (κ3) is 6.28. The van der Waals surface area contributed by atoms with Crippen molar-refractivity contribution in [2.75, 3.05) is 18.5 Å². The summed E-state index contributed by atoms with van der Waals surface area (Å²) in [4.78, 5) is 28.4. The number of hydrogen-bond donors (Lipinski definition) is 3. The number of ether oxygens (including phenoxy) is 1. The number of aryl methyl sites for hydroxylation is 2. The van der Waals surface area contributed by atoms with Gasteiger partial charge in [-0.2, -0.15) is 0 Å². The highest BCUT2D eigenvalue weighted by molar-refractivity contribution is 5.96. The monoisotopic (exact) mass is 455 g/mol. The quantitative estimate of drug-likeness (QED) is 0.506. The molecule has 2 aliphatic rings. The molecule has 8 heteroatoms. The molecule has 176 valence electrons. The molecular formula is C25H30FN3O4. The fraction of sp³-hybridized carbons (Fsp3) is 0.480. The molecule has 7 nitrogen and oxygen atoms in total. The maximum atomic E-state index is 13.0. The lowest BCUT2D eigenvalue weighted by atomic mass is 9.79. The van der Waals surface area contributed by atoms with E-state index >= 15 is 0 Å². The van der Waals surface area contributed by atoms with Crippen LogP contribution < -0.4 is 10.6 Å². The first-order valence-corrected chi connectivity index (χ1v) is 11.6. The number of fused-ring (bicyclic) bond motifs is 1. The molecule has 2 heterocycles. The molecule has 0 saturated heterocycles. The van der Waals surface area contributed by atoms with Gasteiger partial charge in [0.1, 0.15) is 17.7 Å². The van der Waals surface area contributed by atoms with Gasteiger partial charge in [-0.15, -0.1) is 0 Å². The van der Waals surface area contributed by atoms with Crippen LogP contribution in [0.1, 0.15) is 53.7 Å². The van der Waals surface area contributed by atoms with Crippen molar-refractivity contribution in [2.24, 2.45) is 5.92 Å². The first kappa shape index (κ1) is 23.2. The van der Waals surface area contributed by atoms with Crippen molar-refractivity contribution in [2.45, 2.75) is 57.1 Å². The number of pyridine rings is 1. The number of carbonyl (C=O) groups excluding carboxylic acids is 1. The Morgan fingerprint density at radius 3 is 2.76 bits per heavy atom. The minimum absolute atomic E-state index is 0.135. The van der Waals surface area contributed by atoms with Gasteiger partial charge in [0.05, 0.1) is 6.10 Å². The molecule has 3 N–H and O–H groups in total. The second kappa shape index (κ2) is 10.7. The Morgan fingerprint density at radius 1 is 1.21 bits per heavy atom. The minimum atomic E-state index is -1.12. The molecule has 1 aromatic heterocycles. The van der Waals surface area contributed by atoms with E-state index in [-0.39, 0.29) is 24.7 Å². The topological polar surface area (TPSA) is 101 Å². The summed E-state index contributed by atoms with van der Waals surface area (Å²) in [5.74, 6) is -0.489. The van der Waals surface area contributed by atoms with Crippen molar-refractivity contribution in [1.82, 2.24) is 10.3 Å². The number of carboxylic acids is 1. The van der Waals surface area contributed by atoms with Crippen molar-refractivity contribution in [1.29, 1.82) is 0 Å². The molecular weight excluding hydrogens is 425 g/mol. The van der Waals surface area contributed by atoms with Crippen molar-refractivity contribution in [3.63, 3.8) is 0 Å². The maximum Gasteiger partial charge on any atom is 0.326 e. The van der Waals surface area contributed by atoms with Crippen LogP contribution in [0.2, 0.25) is 0 Å². The van der Waals surface area contributed by atoms with Gasteiger partial charge in [-0.1, -0.05) is 6.07 Å². The summed E-state index contributed by atoms with van der Waals surface area (Å²) in [6.45, 7) is 1.25. The average molecular weight is 456 g/mol. The van der Waals surface area contributed by atoms with Crippen LogP contribution in [0.4, 0.5) is 10.2 Å². The number of rotatable bonds is 10. The second-order valence-electron chi connectivity index (χ2n) is 8.87. The minimum Gasteiger partial charge on any atom is -0.480 e. The van der Waals surface area contributed by atoms with Crippen molar-refractivity contribution in [3.8, 4) is 0 Å². The van der Waals surface area contributed by atoms with Crippen molar-refractivity contribution >= 4 is 17.7 Å². The maximum absolute atomic E-state index is 13.0. The van der Waals surface area contributed by atoms with E-state index in [0.717, 1.165) is 56.6 Å². The molecule has 1 atom stereocenters. The van der Waals surface area contributed by atoms with Crippen LogP contribution in [-0.2, 0) is 22.4 Å². The van der Waals surface area contributed by atoms with Crippen LogP contribution in [0.15, 0.2) is 36.4 Å². The molecule has 1 aliphatic heterocycles. The van der Waals surface area contributed by atoms with Crippen LogP contribution in [0.3, 0.4) is 0 Å². The molecule has 0 spiro atoms. The lowest BCUT2D eigenvalue weighted by molar-refractivity contribution is -0.140. The zero-order chi connectivity index (χ0) is 23.2. The number of carbonyl (C=O) groups is 2. The molecule has 1 amide bonds. The first-order chi connectivity index (χ1) is 16.0. The molecule has 0 bridgehead atoms. The molecule has 2 aromatic rings. The average Bonchev–Trinajstić information content (AvgIpc) is 2.79. The van der Waals surface area contributed by atoms with E-state index in [2.05, 4.69) is 22.8 Å². The highest BCUT2D eigenvalue weighted by Gasteiger charge is 2.30. The van der Waals surface area contributed by atoms with Gasteiger partial charge in [0, 0.05) is 30.8 Å². The van der Waals surface area contributed by atoms with Crippen molar-refractivity contribution < 1.29 is 23.8 Å². The van der Waals surface area contributed by atoms with E-state index in [1.165, 1.54) is 29.8 Å². The van der Waals surface area contributed by atoms with Gasteiger partial charge < -0.3 is 20.5 Å². The van der Waals surface area contributed by atoms with Crippen LogP contribution in [0, 0.1) is 11.7 Å². The fourth-order valence-electron chi connectivity index (χ4n) is 4.36. The van der Waals surface area contributed by atoms with Crippen LogP contribution >= 0.6 is 0 Å². The Bertz CT molecular complexity index is 976. The Labute approximate surface area is 192 Å². The predicted octanol–water partition coefficient (Wildman–Crippen LogP) is 3.58. The molecule has 1 saturated carbocycles. The lowest BCUT2D eigenvalue weighted by Crippen LogP contribution is -2.42. The summed E-state index contributed by atoms with van der Waals surface area (Å²) in [5, 5.41) is 15.3. The van der Waals surface area contributed by atoms with E-state index in [0.29, 0.717) is 5.92 Å². The number of benzene rings is 1. The van der Waals surface area contributed by atoms with Gasteiger partial charge in [-0.25, -0.2) is 14.2 Å². The smallest absolute Gasteiger partial charge is 0.326 e. The lowest BCUT2D eigenvalue weighted by Gasteiger charge is -2.35. The first-order valence-electron chi connectivity index (χ1n) is 11.6. The summed E-state index contributed by atoms with van der Waals surface area (Å²) in [6.07, 6.45) is 6.50. The van der Waals surface area contributed by atoms with E-state index in [4.69, 9.17) is 9.72 Å². The van der Waals surface area contributed by atoms with Gasteiger partial charge in [0.25, 0.3) is 5.91 Å². The zero-order valence-corrected chi connectivity index (χ0v) is 18.6. The highest BCUT2D eigenvalue weighted by Crippen LogP contribution is 2.34. The van der Waals surface area contributed by atoms with E-state index in [1.54, 1.807) is 0 Å². The van der Waals surface area contributed by atoms with Crippen LogP contribution in [0.25, 0.3) is 0 Å². The molecule has 1 unspecified atom stereocenters. The summed E-state index contributed by atoms with van der Waals surface area (Å²) < 4.78 is 18.8. The zero-order valence-electron chi connectivity index (χ0n) is 18.6. The number of halogens is 1. The Morgan fingerprint density at radius 2 is 2.00 bits per heavy atom. The van der Waals surface area contributed by atoms with E-state index < -0.39 is 23.7 Å². The van der Waals surface area contributed by atoms with E-state index in [1.807, 2.05) is 0 Å². The fourth-order valence-corrected chi connectivity index (χ4v) is 4.36. The largest absolute Gasteiger partial charge is 0.480 e. The number of aliphatic carboxylic acids is 1.